The molecule has 0 spiro atoms. The van der Waals surface area contributed by atoms with E-state index in [2.05, 4.69) is 70.2 Å². The van der Waals surface area contributed by atoms with E-state index < -0.39 is 0 Å². The highest BCUT2D eigenvalue weighted by Crippen LogP contribution is 2.31. The highest BCUT2D eigenvalue weighted by atomic mass is 16.3. The van der Waals surface area contributed by atoms with Crippen molar-refractivity contribution in [1.29, 1.82) is 0 Å². The fourth-order valence-electron chi connectivity index (χ4n) is 4.89. The topological polar surface area (TPSA) is 85.1 Å². The van der Waals surface area contributed by atoms with Gasteiger partial charge in [0.2, 0.25) is 5.91 Å². The highest BCUT2D eigenvalue weighted by Gasteiger charge is 2.36. The number of amides is 1. The average molecular weight is 463 g/mol. The molecule has 1 aromatic carbocycles. The van der Waals surface area contributed by atoms with E-state index >= 15 is 0 Å². The number of carbonyl (C=O) groups excluding carboxylic acids is 1. The van der Waals surface area contributed by atoms with Crippen LogP contribution in [0, 0.1) is 5.92 Å². The van der Waals surface area contributed by atoms with Crippen LogP contribution in [-0.4, -0.2) is 77.4 Å². The number of aliphatic hydroxyl groups excluding tert-OH is 1. The van der Waals surface area contributed by atoms with Crippen LogP contribution in [0.2, 0.25) is 0 Å². The minimum Gasteiger partial charge on any atom is -0.393 e. The molecule has 1 amide bonds. The number of aliphatic hydroxyl groups is 1. The van der Waals surface area contributed by atoms with Gasteiger partial charge in [-0.2, -0.15) is 5.10 Å². The van der Waals surface area contributed by atoms with Crippen LogP contribution in [0.5, 0.6) is 0 Å². The molecule has 2 aromatic heterocycles. The van der Waals surface area contributed by atoms with Gasteiger partial charge in [-0.05, 0) is 49.2 Å². The molecule has 8 nitrogen and oxygen atoms in total. The van der Waals surface area contributed by atoms with Gasteiger partial charge < -0.3 is 25.5 Å². The fourth-order valence-corrected chi connectivity index (χ4v) is 4.89. The van der Waals surface area contributed by atoms with Gasteiger partial charge in [-0.25, -0.2) is 4.52 Å². The number of anilines is 2. The smallest absolute Gasteiger partial charge is 0.226 e. The Morgan fingerprint density at radius 3 is 2.53 bits per heavy atom. The highest BCUT2D eigenvalue weighted by molar-refractivity contribution is 5.82. The number of rotatable bonds is 8. The second-order valence-electron chi connectivity index (χ2n) is 9.27. The standard InChI is InChI=1S/C26H34N6O2/c1-2-27-9-10-28-22-5-3-19(4-6-22)21-17-25-24(7-8-29-32(25)18-21)30-11-13-31(14-12-30)26(34)20-15-23(33)16-20/h3-8,17-18,20,23,27-28,33H,2,9-16H2,1H3. The summed E-state index contributed by atoms with van der Waals surface area (Å²) in [5.41, 5.74) is 5.64. The van der Waals surface area contributed by atoms with Gasteiger partial charge in [-0.1, -0.05) is 19.1 Å². The SMILES string of the molecule is CCNCCNc1ccc(-c2cc3c(N4CCN(C(=O)C5CC(O)C5)CC4)ccnn3c2)cc1. The third kappa shape index (κ3) is 4.74. The van der Waals surface area contributed by atoms with Gasteiger partial charge in [0.1, 0.15) is 0 Å². The molecule has 1 saturated carbocycles. The largest absolute Gasteiger partial charge is 0.393 e. The Bertz CT molecular complexity index is 1110. The maximum atomic E-state index is 12.6. The van der Waals surface area contributed by atoms with E-state index in [1.807, 2.05) is 15.6 Å². The number of benzene rings is 1. The van der Waals surface area contributed by atoms with Gasteiger partial charge >= 0.3 is 0 Å². The van der Waals surface area contributed by atoms with E-state index in [1.165, 1.54) is 0 Å². The number of nitrogens with zero attached hydrogens (tertiary/aromatic N) is 4. The van der Waals surface area contributed by atoms with Gasteiger partial charge in [-0.15, -0.1) is 0 Å². The number of piperazine rings is 1. The monoisotopic (exact) mass is 462 g/mol. The normalized spacial score (nSPS) is 20.4. The summed E-state index contributed by atoms with van der Waals surface area (Å²) in [5.74, 6) is 0.214. The molecule has 3 N–H and O–H groups in total. The Hall–Kier alpha value is -3.10. The Morgan fingerprint density at radius 1 is 1.06 bits per heavy atom. The molecule has 0 unspecified atom stereocenters. The van der Waals surface area contributed by atoms with Crippen LogP contribution in [0.25, 0.3) is 16.6 Å². The van der Waals surface area contributed by atoms with Crippen LogP contribution in [0.15, 0.2) is 48.8 Å². The van der Waals surface area contributed by atoms with Gasteiger partial charge in [-0.3, -0.25) is 4.79 Å². The summed E-state index contributed by atoms with van der Waals surface area (Å²) in [4.78, 5) is 16.9. The summed E-state index contributed by atoms with van der Waals surface area (Å²) >= 11 is 0. The zero-order valence-electron chi connectivity index (χ0n) is 19.8. The lowest BCUT2D eigenvalue weighted by atomic mass is 9.81. The van der Waals surface area contributed by atoms with Crippen LogP contribution >= 0.6 is 0 Å². The molecule has 8 heteroatoms. The van der Waals surface area contributed by atoms with E-state index in [-0.39, 0.29) is 17.9 Å². The Kier molecular flexibility index (Phi) is 6.69. The van der Waals surface area contributed by atoms with E-state index in [1.54, 1.807) is 0 Å². The molecule has 1 aliphatic heterocycles. The van der Waals surface area contributed by atoms with Crippen molar-refractivity contribution < 1.29 is 9.90 Å². The summed E-state index contributed by atoms with van der Waals surface area (Å²) in [7, 11) is 0. The molecule has 3 aromatic rings. The molecule has 1 aliphatic carbocycles. The van der Waals surface area contributed by atoms with E-state index in [4.69, 9.17) is 0 Å². The molecular weight excluding hydrogens is 428 g/mol. The zero-order chi connectivity index (χ0) is 23.5. The third-order valence-corrected chi connectivity index (χ3v) is 6.98. The van der Waals surface area contributed by atoms with Crippen molar-refractivity contribution in [2.45, 2.75) is 25.9 Å². The average Bonchev–Trinajstić information content (AvgIpc) is 3.29. The van der Waals surface area contributed by atoms with Gasteiger partial charge in [0.15, 0.2) is 0 Å². The number of hydrogen-bond donors (Lipinski definition) is 3. The van der Waals surface area contributed by atoms with Crippen molar-refractivity contribution in [2.24, 2.45) is 5.92 Å². The molecule has 2 fully saturated rings. The second-order valence-corrected chi connectivity index (χ2v) is 9.27. The molecule has 0 radical (unpaired) electrons. The number of aromatic nitrogens is 2. The molecule has 180 valence electrons. The number of fused-ring (bicyclic) bond motifs is 1. The van der Waals surface area contributed by atoms with Gasteiger partial charge in [0.25, 0.3) is 0 Å². The quantitative estimate of drug-likeness (QED) is 0.446. The molecule has 5 rings (SSSR count). The first kappa shape index (κ1) is 22.7. The summed E-state index contributed by atoms with van der Waals surface area (Å²) in [6.45, 7) is 7.98. The molecule has 0 bridgehead atoms. The van der Waals surface area contributed by atoms with Crippen LogP contribution in [-0.2, 0) is 4.79 Å². The minimum absolute atomic E-state index is 0.0111. The number of likely N-dealkylation sites (N-methyl/N-ethyl adjacent to an activating group) is 1. The van der Waals surface area contributed by atoms with Crippen molar-refractivity contribution in [3.8, 4) is 11.1 Å². The Labute approximate surface area is 200 Å². The first-order chi connectivity index (χ1) is 16.6. The van der Waals surface area contributed by atoms with E-state index in [9.17, 15) is 9.90 Å². The molecule has 3 heterocycles. The van der Waals surface area contributed by atoms with Crippen LogP contribution in [0.1, 0.15) is 19.8 Å². The first-order valence-electron chi connectivity index (χ1n) is 12.4. The molecule has 0 atom stereocenters. The lowest BCUT2D eigenvalue weighted by molar-refractivity contribution is -0.142. The minimum atomic E-state index is -0.292. The fraction of sp³-hybridized carbons (Fsp3) is 0.462. The molecular formula is C26H34N6O2. The summed E-state index contributed by atoms with van der Waals surface area (Å²) < 4.78 is 1.94. The van der Waals surface area contributed by atoms with Crippen molar-refractivity contribution in [3.05, 3.63) is 48.8 Å². The maximum Gasteiger partial charge on any atom is 0.226 e. The molecule has 2 aliphatic rings. The van der Waals surface area contributed by atoms with Crippen LogP contribution < -0.4 is 15.5 Å². The number of carbonyl (C=O) groups is 1. The third-order valence-electron chi connectivity index (χ3n) is 6.98. The lowest BCUT2D eigenvalue weighted by Gasteiger charge is -2.40. The lowest BCUT2D eigenvalue weighted by Crippen LogP contribution is -2.52. The van der Waals surface area contributed by atoms with Crippen molar-refractivity contribution in [1.82, 2.24) is 19.8 Å². The Morgan fingerprint density at radius 2 is 1.82 bits per heavy atom. The van der Waals surface area contributed by atoms with Crippen molar-refractivity contribution in [3.63, 3.8) is 0 Å². The second kappa shape index (κ2) is 10.0. The predicted octanol–water partition coefficient (Wildman–Crippen LogP) is 2.44. The first-order valence-corrected chi connectivity index (χ1v) is 12.4. The van der Waals surface area contributed by atoms with Crippen LogP contribution in [0.4, 0.5) is 11.4 Å². The summed E-state index contributed by atoms with van der Waals surface area (Å²) in [6, 6.07) is 12.8. The maximum absolute atomic E-state index is 12.6. The Balaban J connectivity index is 1.26. The predicted molar refractivity (Wildman–Crippen MR) is 135 cm³/mol. The van der Waals surface area contributed by atoms with Gasteiger partial charge in [0, 0.05) is 68.8 Å². The van der Waals surface area contributed by atoms with Crippen molar-refractivity contribution in [2.75, 3.05) is 56.0 Å². The molecule has 1 saturated heterocycles. The van der Waals surface area contributed by atoms with Crippen molar-refractivity contribution >= 4 is 22.8 Å². The molecule has 34 heavy (non-hydrogen) atoms. The van der Waals surface area contributed by atoms with E-state index in [0.29, 0.717) is 12.8 Å². The van der Waals surface area contributed by atoms with E-state index in [0.717, 1.165) is 73.8 Å². The van der Waals surface area contributed by atoms with Crippen LogP contribution in [0.3, 0.4) is 0 Å². The zero-order valence-corrected chi connectivity index (χ0v) is 19.8. The summed E-state index contributed by atoms with van der Waals surface area (Å²) in [6.07, 6.45) is 4.86. The number of hydrogen-bond acceptors (Lipinski definition) is 6. The number of nitrogens with one attached hydrogen (secondary N) is 2. The summed E-state index contributed by atoms with van der Waals surface area (Å²) in [5, 5.41) is 20.8. The van der Waals surface area contributed by atoms with Gasteiger partial charge in [0.05, 0.1) is 17.3 Å².